The first-order valence-electron chi connectivity index (χ1n) is 37.1. The zero-order valence-electron chi connectivity index (χ0n) is 74.0. The summed E-state index contributed by atoms with van der Waals surface area (Å²) in [5, 5.41) is 55.1. The van der Waals surface area contributed by atoms with E-state index in [0.717, 1.165) is 56.9 Å². The molecule has 0 aliphatic carbocycles. The number of carboxylic acid groups (broad SMARTS) is 1. The molecule has 4 atom stereocenters. The molecule has 5 aromatic heterocycles. The topological polar surface area (TPSA) is 671 Å². The van der Waals surface area contributed by atoms with Crippen molar-refractivity contribution in [3.63, 3.8) is 0 Å². The number of hydrogen-bond donors (Lipinski definition) is 9. The Morgan fingerprint density at radius 3 is 1.15 bits per heavy atom. The number of hydroxylamine groups is 1. The summed E-state index contributed by atoms with van der Waals surface area (Å²) in [6.07, 6.45) is 8.91. The number of carboxylic acids is 1. The minimum absolute atomic E-state index is 0. The van der Waals surface area contributed by atoms with Gasteiger partial charge in [0.15, 0.2) is 22.9 Å². The van der Waals surface area contributed by atoms with Gasteiger partial charge in [0.2, 0.25) is 29.1 Å². The number of nitrogens with one attached hydrogen (secondary N) is 6. The number of aryl methyl sites for hydroxylation is 4. The molecule has 140 heavy (non-hydrogen) atoms. The summed E-state index contributed by atoms with van der Waals surface area (Å²) in [6.45, 7) is 9.41. The third-order valence-electron chi connectivity index (χ3n) is 15.2. The van der Waals surface area contributed by atoms with Gasteiger partial charge in [-0.15, -0.1) is 0 Å². The maximum absolute atomic E-state index is 13.6. The first kappa shape index (κ1) is 126. The van der Waals surface area contributed by atoms with Crippen molar-refractivity contribution >= 4 is 246 Å². The monoisotopic (exact) mass is 2470 g/mol. The first-order valence-corrected chi connectivity index (χ1v) is 60.6. The molecule has 69 heteroatoms. The summed E-state index contributed by atoms with van der Waals surface area (Å²) in [5.41, 5.74) is 12.0. The average molecular weight is 2480 g/mol. The van der Waals surface area contributed by atoms with Gasteiger partial charge in [-0.2, -0.15) is 33.7 Å². The van der Waals surface area contributed by atoms with Crippen molar-refractivity contribution in [3.8, 4) is 34.4 Å². The summed E-state index contributed by atoms with van der Waals surface area (Å²) in [5.74, 6) is -3.65. The third-order valence-corrected chi connectivity index (χ3v) is 30.2. The molecule has 0 aliphatic heterocycles. The number of sulfonamides is 4. The SMILES string of the molecule is CC(=O)O.CS(=O)Cl.CSSC.Cc1ccc(S(=O)(=O)N=S(C)(=O)Cl)cc1.Cc1ccc(S(=O)(=O)N=S(C)(=O)NCCNc2nonc2-c2noc(=O)n2-c2ccc(F)c(Br)c2)cc1.Cc1ccc(S(=O)(=O)N=S(C)(=O)NCCNc2nonc2C(=Nc2ccc(F)c(Br)c2)NO)cc1.Cc1ccc(S(=O)(=O)[N-]Cl)cc1.NCCNc1nonc1-c1noc(=O)n1-c1ccc(F)c(Br)c1.O=S(=O)(Cl)Cl.[Na+]. The van der Waals surface area contributed by atoms with Crippen molar-refractivity contribution in [3.05, 3.63) is 236 Å². The van der Waals surface area contributed by atoms with Crippen molar-refractivity contribution in [2.75, 3.05) is 92.8 Å². The van der Waals surface area contributed by atoms with Crippen LogP contribution in [0.1, 0.15) is 34.9 Å². The van der Waals surface area contributed by atoms with E-state index in [4.69, 9.17) is 71.0 Å². The van der Waals surface area contributed by atoms with Crippen LogP contribution in [0.15, 0.2) is 233 Å². The van der Waals surface area contributed by atoms with Crippen LogP contribution in [-0.2, 0) is 91.9 Å². The van der Waals surface area contributed by atoms with E-state index < -0.39 is 122 Å². The summed E-state index contributed by atoms with van der Waals surface area (Å²) >= 11 is 14.1. The van der Waals surface area contributed by atoms with Gasteiger partial charge in [-0.05, 0) is 243 Å². The summed E-state index contributed by atoms with van der Waals surface area (Å²) < 4.78 is 244. The zero-order chi connectivity index (χ0) is 105. The van der Waals surface area contributed by atoms with E-state index in [9.17, 15) is 78.5 Å². The molecule has 0 saturated carbocycles. The molecule has 12 rings (SSSR count). The smallest absolute Gasteiger partial charge is 0.481 e. The van der Waals surface area contributed by atoms with Crippen LogP contribution in [0.4, 0.5) is 36.3 Å². The molecule has 0 radical (unpaired) electrons. The van der Waals surface area contributed by atoms with Gasteiger partial charge in [0, 0.05) is 97.5 Å². The predicted octanol–water partition coefficient (Wildman–Crippen LogP) is 10.5. The second-order valence-electron chi connectivity index (χ2n) is 26.2. The molecule has 0 amide bonds. The van der Waals surface area contributed by atoms with Gasteiger partial charge in [0.1, 0.15) is 66.3 Å². The molecule has 10 N–H and O–H groups in total. The van der Waals surface area contributed by atoms with Gasteiger partial charge >= 0.3 is 49.3 Å². The van der Waals surface area contributed by atoms with Crippen molar-refractivity contribution in [1.82, 2.24) is 65.3 Å². The van der Waals surface area contributed by atoms with E-state index >= 15 is 0 Å². The van der Waals surface area contributed by atoms with Gasteiger partial charge in [-0.25, -0.2) is 85.5 Å². The van der Waals surface area contributed by atoms with Crippen LogP contribution in [0.3, 0.4) is 0 Å². The number of amidine groups is 1. The van der Waals surface area contributed by atoms with Crippen LogP contribution in [0.25, 0.3) is 38.7 Å². The van der Waals surface area contributed by atoms with Crippen LogP contribution in [0.5, 0.6) is 0 Å². The standard InChI is InChI=1S/C20H19BrFN7O6S2.C19H21BrFN7O5S2.C12H10BrFN6O3.C8H10ClNO3S2.C7H7ClNO2S.C2H4O2.C2H6S2.CH3ClOS.Cl2O2S.Na/c1-12-3-6-14(7-4-12)37(32,33)28-36(2,31)24-10-9-23-18-17(25-35-26-18)19-27-34-20(30)29(19)13-5-8-16(22)15(21)11-13;1-12-3-6-14(7-4-12)35(31,32)28-34(2,30)23-10-9-22-18-17(26-33-27-18)19(25-29)24-13-5-8-16(21)15(20)11-13;13-7-5-6(1-2-8(7)14)20-11(19-22-12(20)21)9-10(16-4-3-15)18-23-17-9;1-7-3-5-8(6-4-7)15(12,13)10-14(2,9)11;1-6-2-4-7(5-3-6)12(10,11)9-8;1-2(3)4;1-3-4-2;1-4(2)3;1-5(2,3)4;/h3-8,11H,9-10H2,1-2H3,(H,23,26)(H,24,28,31);3-8,11,29H,9-10H2,1-2H3,(H,22,27)(H,24,25)(H,23,28,30);1-2,5H,3-4,15H2,(H,16,18);3-6H,1-2H3;2-5H,1H3;1H3,(H,3,4);1-2H3;1H3;;/q;;;;-1;;;;;+1. The summed E-state index contributed by atoms with van der Waals surface area (Å²) in [6, 6.07) is 36.3. The van der Waals surface area contributed by atoms with Crippen molar-refractivity contribution in [2.24, 2.45) is 22.0 Å². The molecule has 0 aliphatic rings. The van der Waals surface area contributed by atoms with Crippen molar-refractivity contribution in [1.29, 1.82) is 0 Å². The number of aliphatic imine (C=N–C) groups is 1. The maximum Gasteiger partial charge on any atom is 1.00 e. The Bertz CT molecular complexity index is 7340. The fourth-order valence-electron chi connectivity index (χ4n) is 9.33. The van der Waals surface area contributed by atoms with Gasteiger partial charge in [-0.3, -0.25) is 36.3 Å². The molecular formula is C71H80Br3Cl5F3N22NaO24S11. The van der Waals surface area contributed by atoms with Crippen LogP contribution in [0.2, 0.25) is 0 Å². The molecule has 0 fully saturated rings. The summed E-state index contributed by atoms with van der Waals surface area (Å²) in [4.78, 5) is 37.3. The van der Waals surface area contributed by atoms with Gasteiger partial charge < -0.3 is 31.0 Å². The second-order valence-corrected chi connectivity index (χ2v) is 52.1. The molecule has 5 heterocycles. The fraction of sp³-hybridized carbons (Fsp3) is 0.239. The quantitative estimate of drug-likeness (QED) is 0.00418. The van der Waals surface area contributed by atoms with Crippen LogP contribution in [0, 0.1) is 45.1 Å². The van der Waals surface area contributed by atoms with E-state index in [2.05, 4.69) is 178 Å². The minimum Gasteiger partial charge on any atom is -0.481 e. The molecule has 0 saturated heterocycles. The number of aliphatic carboxylic acids is 1. The number of halogens is 11. The Labute approximate surface area is 880 Å². The molecule has 0 spiro atoms. The second kappa shape index (κ2) is 59.5. The number of nitrogens with zero attached hydrogens (tertiary/aromatic N) is 15. The number of aromatic nitrogens is 10. The normalized spacial score (nSPS) is 12.7. The third kappa shape index (κ3) is 45.2. The predicted molar refractivity (Wildman–Crippen MR) is 535 cm³/mol. The van der Waals surface area contributed by atoms with Gasteiger partial charge in [0.25, 0.3) is 36.0 Å². The Balaban J connectivity index is 0.000000449. The summed E-state index contributed by atoms with van der Waals surface area (Å²) in [7, 11) is -8.35. The Morgan fingerprint density at radius 2 is 0.829 bits per heavy atom. The molecule has 12 aromatic rings. The fourth-order valence-corrected chi connectivity index (χ4v) is 20.1. The van der Waals surface area contributed by atoms with Crippen LogP contribution >= 0.6 is 124 Å². The molecule has 762 valence electrons. The first-order chi connectivity index (χ1) is 64.7. The van der Waals surface area contributed by atoms with Crippen LogP contribution < -0.4 is 77.7 Å². The Kier molecular flexibility index (Phi) is 53.7. The largest absolute Gasteiger partial charge is 1.00 e. The molecule has 46 nitrogen and oxygen atoms in total. The Hall–Kier alpha value is -7.89. The number of nitrogens with two attached hydrogens (primary N) is 1. The van der Waals surface area contributed by atoms with E-state index in [-0.39, 0.29) is 146 Å². The number of anilines is 3. The maximum atomic E-state index is 13.6. The number of rotatable bonds is 28. The average Bonchev–Trinajstić information content (AvgIpc) is 1.64. The Morgan fingerprint density at radius 1 is 0.514 bits per heavy atom. The van der Waals surface area contributed by atoms with Gasteiger partial charge in [-0.1, -0.05) is 114 Å². The van der Waals surface area contributed by atoms with Crippen molar-refractivity contribution in [2.45, 2.75) is 54.2 Å². The molecule has 4 unspecified atom stereocenters. The van der Waals surface area contributed by atoms with E-state index in [1.807, 2.05) is 33.2 Å². The van der Waals surface area contributed by atoms with Gasteiger partial charge in [0.05, 0.1) is 45.2 Å². The van der Waals surface area contributed by atoms with Crippen LogP contribution in [-0.4, -0.2) is 208 Å². The van der Waals surface area contributed by atoms with Crippen molar-refractivity contribution < 1.29 is 140 Å². The molecule has 0 bridgehead atoms. The van der Waals surface area contributed by atoms with E-state index in [1.165, 1.54) is 110 Å². The number of carbonyl (C=O) groups is 1. The van der Waals surface area contributed by atoms with E-state index in [1.54, 1.807) is 70.1 Å². The zero-order valence-corrected chi connectivity index (χ0v) is 93.5. The molecular weight excluding hydrogens is 2390 g/mol. The number of benzene rings is 7. The minimum atomic E-state index is -4.14. The molecule has 7 aromatic carbocycles. The van der Waals surface area contributed by atoms with E-state index in [0.29, 0.717) is 24.5 Å². The number of hydrogen-bond acceptors (Lipinski definition) is 38.